The molecule has 5 rings (SSSR count). The van der Waals surface area contributed by atoms with E-state index >= 15 is 0 Å². The molecule has 4 aromatic rings. The predicted octanol–water partition coefficient (Wildman–Crippen LogP) is 5.96. The lowest BCUT2D eigenvalue weighted by Gasteiger charge is -2.32. The summed E-state index contributed by atoms with van der Waals surface area (Å²) in [7, 11) is -3.61. The molecule has 0 unspecified atom stereocenters. The number of rotatable bonds is 7. The standard InChI is InChI=1S/C23H22ClN3O4S4/c1-32-17-4-5-18-19(13-17)33-23(25-18)27(14-16-3-2-12-31-16)22(28)15-8-10-26(11-9-15)35(29,30)21-7-6-20(24)34-21/h2-7,12-13,15H,8-11,14H2,1H3. The molecule has 1 fully saturated rings. The van der Waals surface area contributed by atoms with E-state index < -0.39 is 10.0 Å². The van der Waals surface area contributed by atoms with Crippen LogP contribution in [0.15, 0.2) is 62.2 Å². The minimum Gasteiger partial charge on any atom is -0.467 e. The summed E-state index contributed by atoms with van der Waals surface area (Å²) in [5.74, 6) is 0.288. The third-order valence-electron chi connectivity index (χ3n) is 5.92. The second-order valence-corrected chi connectivity index (χ2v) is 13.8. The molecule has 0 spiro atoms. The van der Waals surface area contributed by atoms with E-state index in [0.29, 0.717) is 28.1 Å². The Hall–Kier alpha value is -1.89. The van der Waals surface area contributed by atoms with Crippen molar-refractivity contribution in [2.75, 3.05) is 24.2 Å². The minimum atomic E-state index is -3.61. The van der Waals surface area contributed by atoms with E-state index in [2.05, 4.69) is 6.07 Å². The van der Waals surface area contributed by atoms with Crippen molar-refractivity contribution in [1.29, 1.82) is 0 Å². The van der Waals surface area contributed by atoms with Crippen LogP contribution in [-0.4, -0.2) is 43.0 Å². The first-order chi connectivity index (χ1) is 16.8. The zero-order chi connectivity index (χ0) is 24.6. The zero-order valence-electron chi connectivity index (χ0n) is 18.7. The molecule has 0 aliphatic carbocycles. The summed E-state index contributed by atoms with van der Waals surface area (Å²) in [6, 6.07) is 12.8. The molecule has 12 heteroatoms. The highest BCUT2D eigenvalue weighted by atomic mass is 35.5. The number of benzene rings is 1. The lowest BCUT2D eigenvalue weighted by atomic mass is 9.96. The summed E-state index contributed by atoms with van der Waals surface area (Å²) in [4.78, 5) is 21.3. The Bertz CT molecular complexity index is 1440. The van der Waals surface area contributed by atoms with Gasteiger partial charge in [0.05, 0.1) is 27.4 Å². The molecule has 1 aliphatic rings. The van der Waals surface area contributed by atoms with E-state index in [1.165, 1.54) is 21.7 Å². The number of halogens is 1. The van der Waals surface area contributed by atoms with Crippen molar-refractivity contribution in [3.8, 4) is 0 Å². The van der Waals surface area contributed by atoms with Crippen molar-refractivity contribution in [3.05, 3.63) is 58.8 Å². The highest BCUT2D eigenvalue weighted by molar-refractivity contribution is 7.98. The van der Waals surface area contributed by atoms with Crippen LogP contribution in [0.25, 0.3) is 10.2 Å². The number of furan rings is 1. The number of anilines is 1. The number of sulfonamides is 1. The van der Waals surface area contributed by atoms with Gasteiger partial charge in [0.1, 0.15) is 9.97 Å². The molecule has 1 amide bonds. The van der Waals surface area contributed by atoms with Crippen molar-refractivity contribution in [3.63, 3.8) is 0 Å². The quantitative estimate of drug-likeness (QED) is 0.256. The van der Waals surface area contributed by atoms with E-state index in [4.69, 9.17) is 21.0 Å². The number of carbonyl (C=O) groups is 1. The van der Waals surface area contributed by atoms with Crippen LogP contribution in [0.4, 0.5) is 5.13 Å². The summed E-state index contributed by atoms with van der Waals surface area (Å²) in [5, 5.41) is 0.614. The summed E-state index contributed by atoms with van der Waals surface area (Å²) in [6.45, 7) is 0.826. The number of fused-ring (bicyclic) bond motifs is 1. The first-order valence-corrected chi connectivity index (χ1v) is 15.6. The van der Waals surface area contributed by atoms with Crippen LogP contribution in [0, 0.1) is 5.92 Å². The van der Waals surface area contributed by atoms with Crippen molar-refractivity contribution >= 4 is 77.3 Å². The number of hydrogen-bond donors (Lipinski definition) is 0. The first kappa shape index (κ1) is 24.8. The number of piperidine rings is 1. The van der Waals surface area contributed by atoms with E-state index in [9.17, 15) is 13.2 Å². The van der Waals surface area contributed by atoms with Gasteiger partial charge in [0, 0.05) is 23.9 Å². The van der Waals surface area contributed by atoms with Crippen LogP contribution in [0.2, 0.25) is 4.34 Å². The lowest BCUT2D eigenvalue weighted by Crippen LogP contribution is -2.44. The van der Waals surface area contributed by atoms with Gasteiger partial charge in [-0.3, -0.25) is 9.69 Å². The Morgan fingerprint density at radius 1 is 1.23 bits per heavy atom. The molecular weight excluding hydrogens is 546 g/mol. The molecule has 0 saturated carbocycles. The normalized spacial score (nSPS) is 15.6. The minimum absolute atomic E-state index is 0.0678. The molecule has 1 saturated heterocycles. The van der Waals surface area contributed by atoms with Crippen LogP contribution >= 0.6 is 46.0 Å². The first-order valence-electron chi connectivity index (χ1n) is 10.9. The number of amides is 1. The molecule has 7 nitrogen and oxygen atoms in total. The molecule has 0 radical (unpaired) electrons. The number of nitrogens with zero attached hydrogens (tertiary/aromatic N) is 3. The molecule has 184 valence electrons. The zero-order valence-corrected chi connectivity index (χ0v) is 22.7. The summed E-state index contributed by atoms with van der Waals surface area (Å²) >= 11 is 10.1. The Kier molecular flexibility index (Phi) is 7.25. The average Bonchev–Trinajstić information content (AvgIpc) is 3.62. The largest absolute Gasteiger partial charge is 0.467 e. The maximum absolute atomic E-state index is 13.7. The average molecular weight is 568 g/mol. The van der Waals surface area contributed by atoms with Crippen molar-refractivity contribution in [2.24, 2.45) is 5.92 Å². The number of hydrogen-bond acceptors (Lipinski definition) is 8. The van der Waals surface area contributed by atoms with Gasteiger partial charge < -0.3 is 4.42 Å². The van der Waals surface area contributed by atoms with Gasteiger partial charge in [-0.2, -0.15) is 4.31 Å². The van der Waals surface area contributed by atoms with Gasteiger partial charge in [-0.1, -0.05) is 22.9 Å². The topological polar surface area (TPSA) is 83.7 Å². The Morgan fingerprint density at radius 3 is 2.69 bits per heavy atom. The van der Waals surface area contributed by atoms with Crippen molar-refractivity contribution in [1.82, 2.24) is 9.29 Å². The van der Waals surface area contributed by atoms with Crippen LogP contribution in [0.3, 0.4) is 0 Å². The van der Waals surface area contributed by atoms with Crippen LogP contribution < -0.4 is 4.90 Å². The fraction of sp³-hybridized carbons (Fsp3) is 0.304. The lowest BCUT2D eigenvalue weighted by molar-refractivity contribution is -0.123. The Labute approximate surface area is 220 Å². The van der Waals surface area contributed by atoms with Crippen LogP contribution in [0.1, 0.15) is 18.6 Å². The van der Waals surface area contributed by atoms with Gasteiger partial charge in [-0.05, 0) is 61.6 Å². The van der Waals surface area contributed by atoms with Gasteiger partial charge in [0.15, 0.2) is 5.13 Å². The molecule has 0 N–H and O–H groups in total. The molecule has 4 heterocycles. The van der Waals surface area contributed by atoms with Gasteiger partial charge in [0.2, 0.25) is 5.91 Å². The molecule has 0 atom stereocenters. The summed E-state index contributed by atoms with van der Waals surface area (Å²) < 4.78 is 34.6. The smallest absolute Gasteiger partial charge is 0.252 e. The van der Waals surface area contributed by atoms with E-state index in [-0.39, 0.29) is 35.7 Å². The van der Waals surface area contributed by atoms with Gasteiger partial charge in [-0.25, -0.2) is 13.4 Å². The summed E-state index contributed by atoms with van der Waals surface area (Å²) in [5.41, 5.74) is 0.843. The second kappa shape index (κ2) is 10.2. The molecule has 35 heavy (non-hydrogen) atoms. The predicted molar refractivity (Wildman–Crippen MR) is 142 cm³/mol. The van der Waals surface area contributed by atoms with Crippen molar-refractivity contribution in [2.45, 2.75) is 28.5 Å². The van der Waals surface area contributed by atoms with Crippen molar-refractivity contribution < 1.29 is 17.6 Å². The third kappa shape index (κ3) is 5.16. The number of thiazole rings is 1. The highest BCUT2D eigenvalue weighted by Gasteiger charge is 2.35. The van der Waals surface area contributed by atoms with Gasteiger partial charge >= 0.3 is 0 Å². The number of thiophene rings is 1. The molecular formula is C23H22ClN3O4S4. The Balaban J connectivity index is 1.36. The highest BCUT2D eigenvalue weighted by Crippen LogP contribution is 2.35. The number of thioether (sulfide) groups is 1. The Morgan fingerprint density at radius 2 is 2.03 bits per heavy atom. The number of aromatic nitrogens is 1. The molecule has 1 aromatic carbocycles. The molecule has 0 bridgehead atoms. The second-order valence-electron chi connectivity index (χ2n) is 8.07. The van der Waals surface area contributed by atoms with E-state index in [0.717, 1.165) is 26.4 Å². The SMILES string of the molecule is CSc1ccc2nc(N(Cc3ccco3)C(=O)C3CCN(S(=O)(=O)c4ccc(Cl)s4)CC3)sc2c1. The van der Waals surface area contributed by atoms with Gasteiger partial charge in [-0.15, -0.1) is 23.1 Å². The van der Waals surface area contributed by atoms with Crippen LogP contribution in [0.5, 0.6) is 0 Å². The van der Waals surface area contributed by atoms with E-state index in [1.54, 1.807) is 35.1 Å². The maximum Gasteiger partial charge on any atom is 0.252 e. The maximum atomic E-state index is 13.7. The van der Waals surface area contributed by atoms with E-state index in [1.807, 2.05) is 24.5 Å². The fourth-order valence-corrected chi connectivity index (χ4v) is 8.69. The third-order valence-corrected chi connectivity index (χ3v) is 11.3. The fourth-order valence-electron chi connectivity index (χ4n) is 4.06. The monoisotopic (exact) mass is 567 g/mol. The van der Waals surface area contributed by atoms with Gasteiger partial charge in [0.25, 0.3) is 10.0 Å². The number of carbonyl (C=O) groups excluding carboxylic acids is 1. The van der Waals surface area contributed by atoms with Crippen LogP contribution in [-0.2, 0) is 21.4 Å². The summed E-state index contributed by atoms with van der Waals surface area (Å²) in [6.07, 6.45) is 4.48. The molecule has 3 aromatic heterocycles. The molecule has 1 aliphatic heterocycles.